The van der Waals surface area contributed by atoms with Crippen LogP contribution in [0.4, 0.5) is 0 Å². The maximum Gasteiger partial charge on any atom is 0.0837 e. The Labute approximate surface area is 131 Å². The first-order valence-electron chi connectivity index (χ1n) is 5.90. The van der Waals surface area contributed by atoms with Gasteiger partial charge in [-0.05, 0) is 24.2 Å². The lowest BCUT2D eigenvalue weighted by molar-refractivity contribution is 0.573. The monoisotopic (exact) mass is 361 g/mol. The van der Waals surface area contributed by atoms with Gasteiger partial charge >= 0.3 is 0 Å². The van der Waals surface area contributed by atoms with E-state index in [1.807, 2.05) is 32.2 Å². The van der Waals surface area contributed by atoms with Crippen molar-refractivity contribution in [3.05, 3.63) is 50.2 Å². The highest BCUT2D eigenvalue weighted by atomic mass is 79.9. The number of nitrogens with zero attached hydrogens (tertiary/aromatic N) is 2. The van der Waals surface area contributed by atoms with Gasteiger partial charge in [-0.3, -0.25) is 4.68 Å². The Morgan fingerprint density at radius 2 is 2.11 bits per heavy atom. The van der Waals surface area contributed by atoms with E-state index in [-0.39, 0.29) is 6.04 Å². The summed E-state index contributed by atoms with van der Waals surface area (Å²) in [6, 6.07) is 5.76. The zero-order chi connectivity index (χ0) is 14.0. The number of halogens is 3. The topological polar surface area (TPSA) is 29.9 Å². The van der Waals surface area contributed by atoms with Crippen molar-refractivity contribution in [1.29, 1.82) is 0 Å². The van der Waals surface area contributed by atoms with Crippen LogP contribution in [0.15, 0.2) is 28.9 Å². The molecule has 1 unspecified atom stereocenters. The number of benzene rings is 1. The maximum absolute atomic E-state index is 6.34. The van der Waals surface area contributed by atoms with Gasteiger partial charge < -0.3 is 5.32 Å². The molecule has 0 aliphatic heterocycles. The summed E-state index contributed by atoms with van der Waals surface area (Å²) in [6.45, 7) is 2.85. The summed E-state index contributed by atoms with van der Waals surface area (Å²) in [4.78, 5) is 0. The Morgan fingerprint density at radius 1 is 1.37 bits per heavy atom. The number of hydrogen-bond acceptors (Lipinski definition) is 2. The molecule has 0 spiro atoms. The highest BCUT2D eigenvalue weighted by Gasteiger charge is 2.22. The second-order valence-electron chi connectivity index (χ2n) is 4.16. The standard InChI is InChI=1S/C13H14BrCl2N3/c1-3-17-12(13-11(16)7-18-19(13)2)9-5-4-8(14)6-10(9)15/h4-7,12,17H,3H2,1-2H3. The number of hydrogen-bond donors (Lipinski definition) is 1. The lowest BCUT2D eigenvalue weighted by Crippen LogP contribution is -2.24. The Hall–Kier alpha value is -0.550. The van der Waals surface area contributed by atoms with Crippen LogP contribution in [0.25, 0.3) is 0 Å². The maximum atomic E-state index is 6.34. The second-order valence-corrected chi connectivity index (χ2v) is 5.89. The number of aromatic nitrogens is 2. The highest BCUT2D eigenvalue weighted by molar-refractivity contribution is 9.10. The molecule has 0 saturated carbocycles. The summed E-state index contributed by atoms with van der Waals surface area (Å²) >= 11 is 16.0. The van der Waals surface area contributed by atoms with E-state index in [2.05, 4.69) is 26.3 Å². The molecule has 0 saturated heterocycles. The van der Waals surface area contributed by atoms with Crippen molar-refractivity contribution in [1.82, 2.24) is 15.1 Å². The van der Waals surface area contributed by atoms with Crippen LogP contribution in [0.5, 0.6) is 0 Å². The number of aryl methyl sites for hydroxylation is 1. The molecule has 0 fully saturated rings. The van der Waals surface area contributed by atoms with Crippen LogP contribution in [0, 0.1) is 0 Å². The van der Waals surface area contributed by atoms with Crippen molar-refractivity contribution in [2.24, 2.45) is 7.05 Å². The van der Waals surface area contributed by atoms with Crippen molar-refractivity contribution in [2.75, 3.05) is 6.54 Å². The molecule has 0 amide bonds. The van der Waals surface area contributed by atoms with E-state index >= 15 is 0 Å². The highest BCUT2D eigenvalue weighted by Crippen LogP contribution is 2.33. The zero-order valence-electron chi connectivity index (χ0n) is 10.6. The Morgan fingerprint density at radius 3 is 2.63 bits per heavy atom. The van der Waals surface area contributed by atoms with E-state index < -0.39 is 0 Å². The molecule has 2 rings (SSSR count). The quantitative estimate of drug-likeness (QED) is 0.883. The lowest BCUT2D eigenvalue weighted by Gasteiger charge is -2.20. The third-order valence-corrected chi connectivity index (χ3v) is 4.00. The summed E-state index contributed by atoms with van der Waals surface area (Å²) in [6.07, 6.45) is 1.65. The molecule has 0 aliphatic rings. The molecule has 1 aromatic carbocycles. The van der Waals surface area contributed by atoms with Crippen molar-refractivity contribution in [3.8, 4) is 0 Å². The normalized spacial score (nSPS) is 12.7. The molecule has 102 valence electrons. The van der Waals surface area contributed by atoms with E-state index in [4.69, 9.17) is 23.2 Å². The van der Waals surface area contributed by atoms with Crippen LogP contribution in [-0.4, -0.2) is 16.3 Å². The summed E-state index contributed by atoms with van der Waals surface area (Å²) in [7, 11) is 1.87. The van der Waals surface area contributed by atoms with Crippen molar-refractivity contribution >= 4 is 39.1 Å². The minimum atomic E-state index is -0.0781. The Kier molecular flexibility index (Phi) is 4.90. The van der Waals surface area contributed by atoms with Gasteiger partial charge in [0, 0.05) is 16.5 Å². The van der Waals surface area contributed by atoms with E-state index in [1.54, 1.807) is 10.9 Å². The van der Waals surface area contributed by atoms with Crippen molar-refractivity contribution < 1.29 is 0 Å². The lowest BCUT2D eigenvalue weighted by atomic mass is 10.0. The van der Waals surface area contributed by atoms with Crippen molar-refractivity contribution in [2.45, 2.75) is 13.0 Å². The van der Waals surface area contributed by atoms with Gasteiger partial charge in [-0.2, -0.15) is 5.10 Å². The van der Waals surface area contributed by atoms with Gasteiger partial charge in [0.2, 0.25) is 0 Å². The summed E-state index contributed by atoms with van der Waals surface area (Å²) in [5.41, 5.74) is 1.89. The van der Waals surface area contributed by atoms with Gasteiger partial charge in [0.15, 0.2) is 0 Å². The van der Waals surface area contributed by atoms with E-state index in [9.17, 15) is 0 Å². The van der Waals surface area contributed by atoms with Gasteiger partial charge in [0.05, 0.1) is 23.0 Å². The van der Waals surface area contributed by atoms with Crippen LogP contribution in [-0.2, 0) is 7.05 Å². The van der Waals surface area contributed by atoms with Crippen LogP contribution in [0.3, 0.4) is 0 Å². The SMILES string of the molecule is CCNC(c1ccc(Br)cc1Cl)c1c(Cl)cnn1C. The third-order valence-electron chi connectivity index (χ3n) is 2.89. The van der Waals surface area contributed by atoms with E-state index in [1.165, 1.54) is 0 Å². The predicted molar refractivity (Wildman–Crippen MR) is 82.9 cm³/mol. The molecule has 19 heavy (non-hydrogen) atoms. The Balaban J connectivity index is 2.51. The molecule has 3 nitrogen and oxygen atoms in total. The molecule has 1 heterocycles. The predicted octanol–water partition coefficient (Wildman–Crippen LogP) is 4.19. The molecule has 1 aromatic heterocycles. The molecule has 0 aliphatic carbocycles. The molecule has 1 atom stereocenters. The number of rotatable bonds is 4. The van der Waals surface area contributed by atoms with E-state index in [0.29, 0.717) is 10.0 Å². The average Bonchev–Trinajstić information content (AvgIpc) is 2.67. The van der Waals surface area contributed by atoms with Crippen LogP contribution >= 0.6 is 39.1 Å². The molecule has 2 aromatic rings. The molecule has 0 radical (unpaired) electrons. The van der Waals surface area contributed by atoms with Crippen LogP contribution in [0.2, 0.25) is 10.0 Å². The summed E-state index contributed by atoms with van der Waals surface area (Å²) < 4.78 is 2.72. The second kappa shape index (κ2) is 6.27. The van der Waals surface area contributed by atoms with Gasteiger partial charge in [0.1, 0.15) is 0 Å². The van der Waals surface area contributed by atoms with Crippen molar-refractivity contribution in [3.63, 3.8) is 0 Å². The van der Waals surface area contributed by atoms with Gasteiger partial charge in [-0.1, -0.05) is 52.1 Å². The third kappa shape index (κ3) is 3.14. The summed E-state index contributed by atoms with van der Waals surface area (Å²) in [5, 5.41) is 8.91. The Bertz CT molecular complexity index is 564. The number of nitrogens with one attached hydrogen (secondary N) is 1. The minimum Gasteiger partial charge on any atom is -0.305 e. The zero-order valence-corrected chi connectivity index (χ0v) is 13.7. The first kappa shape index (κ1) is 14.9. The van der Waals surface area contributed by atoms with Gasteiger partial charge in [-0.25, -0.2) is 0 Å². The minimum absolute atomic E-state index is 0.0781. The fourth-order valence-electron chi connectivity index (χ4n) is 2.04. The fraction of sp³-hybridized carbons (Fsp3) is 0.308. The molecular weight excluding hydrogens is 349 g/mol. The van der Waals surface area contributed by atoms with Crippen LogP contribution < -0.4 is 5.32 Å². The largest absolute Gasteiger partial charge is 0.305 e. The smallest absolute Gasteiger partial charge is 0.0837 e. The van der Waals surface area contributed by atoms with Crippen LogP contribution in [0.1, 0.15) is 24.2 Å². The van der Waals surface area contributed by atoms with Gasteiger partial charge in [0.25, 0.3) is 0 Å². The van der Waals surface area contributed by atoms with Gasteiger partial charge in [-0.15, -0.1) is 0 Å². The fourth-order valence-corrected chi connectivity index (χ4v) is 3.10. The first-order valence-corrected chi connectivity index (χ1v) is 7.45. The molecule has 6 heteroatoms. The summed E-state index contributed by atoms with van der Waals surface area (Å²) in [5.74, 6) is 0. The molecular formula is C13H14BrCl2N3. The average molecular weight is 363 g/mol. The molecule has 1 N–H and O–H groups in total. The molecule has 0 bridgehead atoms. The first-order chi connectivity index (χ1) is 9.04. The van der Waals surface area contributed by atoms with E-state index in [0.717, 1.165) is 22.3 Å².